The first-order valence-corrected chi connectivity index (χ1v) is 11.2. The quantitative estimate of drug-likeness (QED) is 0.153. The number of halogens is 4. The number of rotatable bonds is 14. The average Bonchev–Trinajstić information content (AvgIpc) is 2.63. The van der Waals surface area contributed by atoms with E-state index >= 15 is 0 Å². The minimum Gasteiger partial charge on any atom is -0.490 e. The fourth-order valence-corrected chi connectivity index (χ4v) is 2.77. The van der Waals surface area contributed by atoms with Crippen LogP contribution in [-0.4, -0.2) is 39.2 Å². The second-order valence-corrected chi connectivity index (χ2v) is 9.45. The van der Waals surface area contributed by atoms with Crippen molar-refractivity contribution < 1.29 is 19.0 Å². The van der Waals surface area contributed by atoms with Gasteiger partial charge in [0.1, 0.15) is 23.5 Å². The summed E-state index contributed by atoms with van der Waals surface area (Å²) < 4.78 is 16.8. The third kappa shape index (κ3) is 13.5. The van der Waals surface area contributed by atoms with Gasteiger partial charge in [-0.05, 0) is 30.8 Å². The molecule has 0 spiro atoms. The standard InChI is InChI=1S/C21H29Cl4NO4/c1-21(2,3)15-30-26-8-12-27-9-5-4-6-10-29-20-17(22)13-16(14-18(20)23)28-11-7-19(24)25/h7-8,13-14H,4-6,9-12,15H2,1-3H3. The molecule has 30 heavy (non-hydrogen) atoms. The van der Waals surface area contributed by atoms with Gasteiger partial charge in [0, 0.05) is 18.7 Å². The van der Waals surface area contributed by atoms with E-state index in [9.17, 15) is 0 Å². The molecule has 0 N–H and O–H groups in total. The highest BCUT2D eigenvalue weighted by molar-refractivity contribution is 6.55. The predicted octanol–water partition coefficient (Wildman–Crippen LogP) is 7.31. The molecule has 0 heterocycles. The number of unbranched alkanes of at least 4 members (excludes halogenated alkanes) is 2. The molecule has 1 aromatic rings. The zero-order valence-corrected chi connectivity index (χ0v) is 20.6. The van der Waals surface area contributed by atoms with Gasteiger partial charge in [-0.3, -0.25) is 0 Å². The van der Waals surface area contributed by atoms with Crippen molar-refractivity contribution in [2.24, 2.45) is 10.6 Å². The van der Waals surface area contributed by atoms with Crippen LogP contribution in [0.3, 0.4) is 0 Å². The molecule has 1 aromatic carbocycles. The van der Waals surface area contributed by atoms with Gasteiger partial charge in [-0.25, -0.2) is 0 Å². The molecule has 0 unspecified atom stereocenters. The highest BCUT2D eigenvalue weighted by atomic mass is 35.5. The number of benzene rings is 1. The molecule has 0 saturated carbocycles. The number of hydrogen-bond donors (Lipinski definition) is 0. The Kier molecular flexibility index (Phi) is 13.6. The van der Waals surface area contributed by atoms with Crippen molar-refractivity contribution in [3.63, 3.8) is 0 Å². The number of oxime groups is 1. The first-order valence-electron chi connectivity index (χ1n) is 9.66. The maximum atomic E-state index is 6.23. The van der Waals surface area contributed by atoms with Crippen molar-refractivity contribution in [2.45, 2.75) is 40.0 Å². The van der Waals surface area contributed by atoms with E-state index in [1.54, 1.807) is 18.3 Å². The summed E-state index contributed by atoms with van der Waals surface area (Å²) in [5, 5.41) is 4.63. The van der Waals surface area contributed by atoms with Crippen molar-refractivity contribution in [1.29, 1.82) is 0 Å². The van der Waals surface area contributed by atoms with E-state index in [4.69, 9.17) is 65.5 Å². The average molecular weight is 501 g/mol. The first kappa shape index (κ1) is 27.2. The largest absolute Gasteiger partial charge is 0.490 e. The minimum atomic E-state index is 0.0984. The van der Waals surface area contributed by atoms with E-state index in [-0.39, 0.29) is 16.5 Å². The lowest BCUT2D eigenvalue weighted by molar-refractivity contribution is 0.0757. The van der Waals surface area contributed by atoms with E-state index in [1.165, 1.54) is 6.08 Å². The second kappa shape index (κ2) is 15.0. The van der Waals surface area contributed by atoms with Crippen molar-refractivity contribution in [1.82, 2.24) is 0 Å². The van der Waals surface area contributed by atoms with Gasteiger partial charge in [0.15, 0.2) is 5.75 Å². The summed E-state index contributed by atoms with van der Waals surface area (Å²) in [6, 6.07) is 3.28. The van der Waals surface area contributed by atoms with Gasteiger partial charge >= 0.3 is 0 Å². The lowest BCUT2D eigenvalue weighted by atomic mass is 9.99. The van der Waals surface area contributed by atoms with Crippen LogP contribution in [0, 0.1) is 5.41 Å². The Hall–Kier alpha value is -0.850. The summed E-state index contributed by atoms with van der Waals surface area (Å²) in [5.74, 6) is 0.951. The smallest absolute Gasteiger partial charge is 0.156 e. The SMILES string of the molecule is CC(C)(C)CON=CCOCCCCCOc1c(Cl)cc(OCC=C(Cl)Cl)cc1Cl. The molecule has 0 aliphatic rings. The van der Waals surface area contributed by atoms with E-state index in [1.807, 2.05) is 0 Å². The summed E-state index contributed by atoms with van der Waals surface area (Å²) in [4.78, 5) is 5.19. The molecule has 0 aromatic heterocycles. The van der Waals surface area contributed by atoms with Crippen molar-refractivity contribution >= 4 is 52.6 Å². The molecule has 0 amide bonds. The lowest BCUT2D eigenvalue weighted by Gasteiger charge is -2.15. The molecular formula is C21H29Cl4NO4. The molecule has 0 saturated heterocycles. The molecular weight excluding hydrogens is 472 g/mol. The summed E-state index contributed by atoms with van der Waals surface area (Å²) >= 11 is 23.5. The Morgan fingerprint density at radius 1 is 0.967 bits per heavy atom. The molecule has 5 nitrogen and oxygen atoms in total. The van der Waals surface area contributed by atoms with Crippen LogP contribution >= 0.6 is 46.4 Å². The third-order valence-corrected chi connectivity index (χ3v) is 4.35. The van der Waals surface area contributed by atoms with E-state index < -0.39 is 0 Å². The summed E-state index contributed by atoms with van der Waals surface area (Å²) in [5.41, 5.74) is 0.0984. The Morgan fingerprint density at radius 3 is 2.27 bits per heavy atom. The van der Waals surface area contributed by atoms with E-state index in [2.05, 4.69) is 25.9 Å². The van der Waals surface area contributed by atoms with Crippen LogP contribution in [0.5, 0.6) is 11.5 Å². The molecule has 0 fully saturated rings. The number of nitrogens with zero attached hydrogens (tertiary/aromatic N) is 1. The molecule has 9 heteroatoms. The zero-order valence-electron chi connectivity index (χ0n) is 17.6. The zero-order chi connectivity index (χ0) is 22.4. The van der Waals surface area contributed by atoms with Crippen LogP contribution in [0.25, 0.3) is 0 Å². The number of ether oxygens (including phenoxy) is 3. The fraction of sp³-hybridized carbons (Fsp3) is 0.571. The molecule has 0 radical (unpaired) electrons. The van der Waals surface area contributed by atoms with Gasteiger partial charge < -0.3 is 19.0 Å². The van der Waals surface area contributed by atoms with Crippen LogP contribution in [-0.2, 0) is 9.57 Å². The molecule has 0 aliphatic carbocycles. The monoisotopic (exact) mass is 499 g/mol. The summed E-state index contributed by atoms with van der Waals surface area (Å²) in [6.07, 6.45) is 5.89. The van der Waals surface area contributed by atoms with Crippen molar-refractivity contribution in [2.75, 3.05) is 33.0 Å². The highest BCUT2D eigenvalue weighted by Crippen LogP contribution is 2.37. The van der Waals surface area contributed by atoms with Gasteiger partial charge in [-0.1, -0.05) is 72.3 Å². The van der Waals surface area contributed by atoms with Gasteiger partial charge in [0.2, 0.25) is 0 Å². The predicted molar refractivity (Wildman–Crippen MR) is 126 cm³/mol. The van der Waals surface area contributed by atoms with E-state index in [0.29, 0.717) is 48.0 Å². The Balaban J connectivity index is 2.16. The fourth-order valence-electron chi connectivity index (χ4n) is 2.07. The molecule has 0 bridgehead atoms. The van der Waals surface area contributed by atoms with Crippen LogP contribution in [0.1, 0.15) is 40.0 Å². The van der Waals surface area contributed by atoms with Crippen molar-refractivity contribution in [3.05, 3.63) is 32.7 Å². The van der Waals surface area contributed by atoms with Gasteiger partial charge in [-0.15, -0.1) is 0 Å². The highest BCUT2D eigenvalue weighted by Gasteiger charge is 2.11. The Labute approximate surface area is 199 Å². The molecule has 0 atom stereocenters. The van der Waals surface area contributed by atoms with Crippen LogP contribution in [0.4, 0.5) is 0 Å². The first-order chi connectivity index (χ1) is 14.2. The van der Waals surface area contributed by atoms with Gasteiger partial charge in [-0.2, -0.15) is 0 Å². The van der Waals surface area contributed by atoms with Crippen LogP contribution in [0.15, 0.2) is 27.9 Å². The van der Waals surface area contributed by atoms with E-state index in [0.717, 1.165) is 19.3 Å². The van der Waals surface area contributed by atoms with Crippen LogP contribution in [0.2, 0.25) is 10.0 Å². The molecule has 170 valence electrons. The normalized spacial score (nSPS) is 11.6. The summed E-state index contributed by atoms with van der Waals surface area (Å²) in [7, 11) is 0. The van der Waals surface area contributed by atoms with Crippen LogP contribution < -0.4 is 9.47 Å². The Morgan fingerprint density at radius 2 is 1.63 bits per heavy atom. The van der Waals surface area contributed by atoms with Crippen molar-refractivity contribution in [3.8, 4) is 11.5 Å². The summed E-state index contributed by atoms with van der Waals surface area (Å²) in [6.45, 7) is 8.66. The molecule has 0 aliphatic heterocycles. The minimum absolute atomic E-state index is 0.0984. The second-order valence-electron chi connectivity index (χ2n) is 7.63. The Bertz CT molecular complexity index is 663. The number of hydrogen-bond acceptors (Lipinski definition) is 5. The third-order valence-electron chi connectivity index (χ3n) is 3.48. The van der Waals surface area contributed by atoms with Gasteiger partial charge in [0.25, 0.3) is 0 Å². The lowest BCUT2D eigenvalue weighted by Crippen LogP contribution is -2.12. The maximum absolute atomic E-state index is 6.23. The topological polar surface area (TPSA) is 49.3 Å². The molecule has 1 rings (SSSR count). The maximum Gasteiger partial charge on any atom is 0.156 e. The van der Waals surface area contributed by atoms with Gasteiger partial charge in [0.05, 0.1) is 29.5 Å².